The highest BCUT2D eigenvalue weighted by molar-refractivity contribution is 8.25. The number of alkyl halides is 3. The van der Waals surface area contributed by atoms with Gasteiger partial charge in [0.1, 0.15) is 11.4 Å². The molecular weight excluding hydrogens is 385 g/mol. The number of amides is 1. The number of rotatable bonds is 3. The van der Waals surface area contributed by atoms with Crippen molar-refractivity contribution >= 4 is 16.5 Å². The van der Waals surface area contributed by atoms with Crippen molar-refractivity contribution in [3.8, 4) is 5.75 Å². The van der Waals surface area contributed by atoms with Crippen molar-refractivity contribution in [1.29, 1.82) is 0 Å². The summed E-state index contributed by atoms with van der Waals surface area (Å²) in [6.45, 7) is 4.12. The standard InChI is InChI=1S/C17H23F3N2O4S/c1-15(2,26-12-3-4-13(21-9-12)17(18,19)20)14(23)22-7-5-16(6-8-22)10-27(24,25)11-16/h3-4,9,24-25H,5-8,10-11H2,1-2H3. The minimum atomic E-state index is -4.53. The van der Waals surface area contributed by atoms with E-state index in [1.165, 1.54) is 0 Å². The monoisotopic (exact) mass is 408 g/mol. The number of hydrogen-bond donors (Lipinski definition) is 2. The number of likely N-dealkylation sites (tertiary alicyclic amines) is 1. The molecule has 3 heterocycles. The van der Waals surface area contributed by atoms with E-state index in [2.05, 4.69) is 4.98 Å². The van der Waals surface area contributed by atoms with Crippen LogP contribution in [0.4, 0.5) is 13.2 Å². The summed E-state index contributed by atoms with van der Waals surface area (Å²) in [5.41, 5.74) is -2.36. The molecule has 0 bridgehead atoms. The van der Waals surface area contributed by atoms with Gasteiger partial charge >= 0.3 is 6.18 Å². The third-order valence-electron chi connectivity index (χ3n) is 5.10. The molecule has 1 spiro atoms. The lowest BCUT2D eigenvalue weighted by molar-refractivity contribution is -0.148. The summed E-state index contributed by atoms with van der Waals surface area (Å²) in [7, 11) is -2.43. The van der Waals surface area contributed by atoms with Crippen molar-refractivity contribution < 1.29 is 31.8 Å². The number of hydrogen-bond acceptors (Lipinski definition) is 5. The summed E-state index contributed by atoms with van der Waals surface area (Å²) < 4.78 is 62.6. The van der Waals surface area contributed by atoms with Crippen molar-refractivity contribution in [3.63, 3.8) is 0 Å². The van der Waals surface area contributed by atoms with Gasteiger partial charge in [-0.15, -0.1) is 0 Å². The van der Waals surface area contributed by atoms with Gasteiger partial charge in [-0.2, -0.15) is 23.8 Å². The number of nitrogens with zero attached hydrogens (tertiary/aromatic N) is 2. The lowest BCUT2D eigenvalue weighted by Gasteiger charge is -2.58. The van der Waals surface area contributed by atoms with Gasteiger partial charge in [-0.3, -0.25) is 13.9 Å². The van der Waals surface area contributed by atoms with E-state index in [1.54, 1.807) is 18.7 Å². The van der Waals surface area contributed by atoms with E-state index in [9.17, 15) is 27.1 Å². The summed E-state index contributed by atoms with van der Waals surface area (Å²) in [6, 6.07) is 1.96. The van der Waals surface area contributed by atoms with Crippen LogP contribution < -0.4 is 4.74 Å². The molecule has 2 aliphatic rings. The molecule has 0 aromatic carbocycles. The number of piperidine rings is 1. The molecule has 1 aromatic rings. The normalized spacial score (nSPS) is 22.9. The lowest BCUT2D eigenvalue weighted by atomic mass is 9.81. The minimum absolute atomic E-state index is 0.0854. The van der Waals surface area contributed by atoms with E-state index in [0.29, 0.717) is 37.4 Å². The van der Waals surface area contributed by atoms with Crippen molar-refractivity contribution in [2.75, 3.05) is 24.6 Å². The van der Waals surface area contributed by atoms with Gasteiger partial charge in [-0.1, -0.05) is 0 Å². The predicted molar refractivity (Wildman–Crippen MR) is 94.8 cm³/mol. The fraction of sp³-hybridized carbons (Fsp3) is 0.647. The second-order valence-corrected chi connectivity index (χ2v) is 10.1. The molecule has 0 radical (unpaired) electrons. The first-order valence-electron chi connectivity index (χ1n) is 8.57. The summed E-state index contributed by atoms with van der Waals surface area (Å²) in [5.74, 6) is 0.629. The third-order valence-corrected chi connectivity index (χ3v) is 7.25. The molecule has 10 heteroatoms. The maximum atomic E-state index is 12.8. The Morgan fingerprint density at radius 1 is 1.22 bits per heavy atom. The Balaban J connectivity index is 1.59. The van der Waals surface area contributed by atoms with Gasteiger partial charge in [0.05, 0.1) is 6.20 Å². The van der Waals surface area contributed by atoms with Gasteiger partial charge in [0.15, 0.2) is 5.60 Å². The van der Waals surface area contributed by atoms with E-state index in [-0.39, 0.29) is 17.1 Å². The fourth-order valence-electron chi connectivity index (χ4n) is 3.74. The molecule has 152 valence electrons. The molecular formula is C17H23F3N2O4S. The Kier molecular flexibility index (Phi) is 4.89. The summed E-state index contributed by atoms with van der Waals surface area (Å²) in [6.07, 6.45) is -2.17. The van der Waals surface area contributed by atoms with Gasteiger partial charge < -0.3 is 9.64 Å². The van der Waals surface area contributed by atoms with Crippen LogP contribution in [0.25, 0.3) is 0 Å². The zero-order chi connectivity index (χ0) is 20.1. The van der Waals surface area contributed by atoms with E-state index >= 15 is 0 Å². The van der Waals surface area contributed by atoms with Gasteiger partial charge in [-0.05, 0) is 38.8 Å². The number of aromatic nitrogens is 1. The largest absolute Gasteiger partial charge is 0.476 e. The van der Waals surface area contributed by atoms with Gasteiger partial charge in [-0.25, -0.2) is 4.98 Å². The number of ether oxygens (including phenoxy) is 1. The molecule has 0 aliphatic carbocycles. The first-order valence-corrected chi connectivity index (χ1v) is 10.5. The Bertz CT molecular complexity index is 704. The van der Waals surface area contributed by atoms with Gasteiger partial charge in [0, 0.05) is 30.0 Å². The molecule has 2 saturated heterocycles. The average Bonchev–Trinajstić information content (AvgIpc) is 2.52. The Labute approximate surface area is 157 Å². The molecule has 1 aromatic heterocycles. The molecule has 6 nitrogen and oxygen atoms in total. The maximum absolute atomic E-state index is 12.8. The van der Waals surface area contributed by atoms with E-state index < -0.39 is 28.1 Å². The number of carbonyl (C=O) groups excluding carboxylic acids is 1. The van der Waals surface area contributed by atoms with Crippen molar-refractivity contribution in [3.05, 3.63) is 24.0 Å². The van der Waals surface area contributed by atoms with E-state index in [1.807, 2.05) is 0 Å². The van der Waals surface area contributed by atoms with Crippen LogP contribution in [0.5, 0.6) is 5.75 Å². The highest BCUT2D eigenvalue weighted by Gasteiger charge is 2.50. The summed E-state index contributed by atoms with van der Waals surface area (Å²) >= 11 is 0. The van der Waals surface area contributed by atoms with Crippen LogP contribution in [0.1, 0.15) is 32.4 Å². The number of pyridine rings is 1. The topological polar surface area (TPSA) is 82.9 Å². The predicted octanol–water partition coefficient (Wildman–Crippen LogP) is 3.63. The van der Waals surface area contributed by atoms with Crippen molar-refractivity contribution in [2.45, 2.75) is 38.5 Å². The zero-order valence-electron chi connectivity index (χ0n) is 15.1. The van der Waals surface area contributed by atoms with Gasteiger partial charge in [0.2, 0.25) is 0 Å². The molecule has 2 aliphatic heterocycles. The molecule has 0 atom stereocenters. The third kappa shape index (κ3) is 4.33. The lowest BCUT2D eigenvalue weighted by Crippen LogP contribution is -2.57. The van der Waals surface area contributed by atoms with Crippen LogP contribution in [0.3, 0.4) is 0 Å². The maximum Gasteiger partial charge on any atom is 0.433 e. The molecule has 27 heavy (non-hydrogen) atoms. The molecule has 3 rings (SSSR count). The Morgan fingerprint density at radius 3 is 2.26 bits per heavy atom. The van der Waals surface area contributed by atoms with Crippen LogP contribution in [0.15, 0.2) is 18.3 Å². The zero-order valence-corrected chi connectivity index (χ0v) is 15.9. The van der Waals surface area contributed by atoms with Crippen LogP contribution in [-0.2, 0) is 11.0 Å². The number of halogens is 3. The SMILES string of the molecule is CC(C)(Oc1ccc(C(F)(F)F)nc1)C(=O)N1CCC2(CC1)CS(O)(O)C2. The Morgan fingerprint density at radius 2 is 1.81 bits per heavy atom. The van der Waals surface area contributed by atoms with E-state index in [4.69, 9.17) is 4.74 Å². The molecule has 2 fully saturated rings. The smallest absolute Gasteiger partial charge is 0.433 e. The highest BCUT2D eigenvalue weighted by atomic mass is 32.3. The first kappa shape index (κ1) is 20.2. The fourth-order valence-corrected chi connectivity index (χ4v) is 6.19. The summed E-state index contributed by atoms with van der Waals surface area (Å²) in [4.78, 5) is 17.8. The average molecular weight is 408 g/mol. The molecule has 0 saturated carbocycles. The number of carbonyl (C=O) groups is 1. The van der Waals surface area contributed by atoms with Crippen molar-refractivity contribution in [2.24, 2.45) is 5.41 Å². The van der Waals surface area contributed by atoms with Crippen molar-refractivity contribution in [1.82, 2.24) is 9.88 Å². The Hall–Kier alpha value is -1.52. The first-order chi connectivity index (χ1) is 12.3. The van der Waals surface area contributed by atoms with Crippen LogP contribution in [-0.4, -0.2) is 55.1 Å². The quantitative estimate of drug-likeness (QED) is 0.798. The highest BCUT2D eigenvalue weighted by Crippen LogP contribution is 2.62. The van der Waals surface area contributed by atoms with E-state index in [0.717, 1.165) is 18.3 Å². The molecule has 0 unspecified atom stereocenters. The second-order valence-electron chi connectivity index (χ2n) is 7.87. The van der Waals surface area contributed by atoms with Crippen LogP contribution >= 0.6 is 10.6 Å². The minimum Gasteiger partial charge on any atom is -0.476 e. The van der Waals surface area contributed by atoms with Crippen LogP contribution in [0.2, 0.25) is 0 Å². The van der Waals surface area contributed by atoms with Gasteiger partial charge in [0.25, 0.3) is 5.91 Å². The molecule has 1 amide bonds. The van der Waals surface area contributed by atoms with Crippen LogP contribution in [0, 0.1) is 5.41 Å². The molecule has 2 N–H and O–H groups in total. The summed E-state index contributed by atoms with van der Waals surface area (Å²) in [5, 5.41) is 0. The second kappa shape index (κ2) is 6.52.